The Balaban J connectivity index is 1.69. The molecule has 1 aliphatic rings. The molecule has 0 saturated heterocycles. The van der Waals surface area contributed by atoms with Crippen LogP contribution >= 0.6 is 0 Å². The van der Waals surface area contributed by atoms with Crippen molar-refractivity contribution in [3.8, 4) is 11.1 Å². The third kappa shape index (κ3) is 10.1. The van der Waals surface area contributed by atoms with Crippen LogP contribution in [0.1, 0.15) is 73.4 Å². The number of amides is 4. The van der Waals surface area contributed by atoms with E-state index in [1.807, 2.05) is 38.1 Å². The van der Waals surface area contributed by atoms with Gasteiger partial charge in [0.1, 0.15) is 6.61 Å². The molecule has 1 aliphatic carbocycles. The lowest BCUT2D eigenvalue weighted by atomic mass is 9.96. The average Bonchev–Trinajstić information content (AvgIpc) is 3.32. The van der Waals surface area contributed by atoms with Gasteiger partial charge in [0.25, 0.3) is 5.91 Å². The van der Waals surface area contributed by atoms with Crippen LogP contribution in [0.3, 0.4) is 0 Å². The van der Waals surface area contributed by atoms with E-state index in [1.165, 1.54) is 7.05 Å². The van der Waals surface area contributed by atoms with E-state index >= 15 is 0 Å². The molecule has 2 aromatic rings. The molecule has 4 N–H and O–H groups in total. The SMILES string of the molecule is CCCOCCNC(=O)CCCC(=O)Nc1ccc2c(c1)C(COC(=O)NC)c1cccc(C(=O)NCCOCCC)c1-2. The Bertz CT molecular complexity index is 1250. The molecule has 0 spiro atoms. The zero-order valence-electron chi connectivity index (χ0n) is 25.4. The number of ether oxygens (including phenoxy) is 3. The summed E-state index contributed by atoms with van der Waals surface area (Å²) in [5, 5.41) is 11.1. The van der Waals surface area contributed by atoms with E-state index in [0.717, 1.165) is 35.1 Å². The molecule has 234 valence electrons. The van der Waals surface area contributed by atoms with Gasteiger partial charge in [-0.25, -0.2) is 4.79 Å². The molecule has 0 heterocycles. The van der Waals surface area contributed by atoms with E-state index in [4.69, 9.17) is 14.2 Å². The van der Waals surface area contributed by atoms with Crippen LogP contribution in [0, 0.1) is 0 Å². The van der Waals surface area contributed by atoms with E-state index in [0.29, 0.717) is 57.2 Å². The van der Waals surface area contributed by atoms with Crippen molar-refractivity contribution in [3.63, 3.8) is 0 Å². The van der Waals surface area contributed by atoms with Gasteiger partial charge in [0.05, 0.1) is 13.2 Å². The molecular weight excluding hydrogens is 552 g/mol. The van der Waals surface area contributed by atoms with E-state index in [1.54, 1.807) is 12.1 Å². The van der Waals surface area contributed by atoms with Crippen molar-refractivity contribution >= 4 is 29.5 Å². The normalized spacial score (nSPS) is 13.0. The van der Waals surface area contributed by atoms with Crippen LogP contribution in [-0.4, -0.2) is 77.0 Å². The van der Waals surface area contributed by atoms with Crippen LogP contribution in [0.4, 0.5) is 10.5 Å². The van der Waals surface area contributed by atoms with Gasteiger partial charge in [-0.3, -0.25) is 14.4 Å². The van der Waals surface area contributed by atoms with Gasteiger partial charge < -0.3 is 35.5 Å². The number of hydrogen-bond donors (Lipinski definition) is 4. The number of rotatable bonds is 18. The summed E-state index contributed by atoms with van der Waals surface area (Å²) in [6.45, 7) is 7.15. The number of carbonyl (C=O) groups excluding carboxylic acids is 4. The van der Waals surface area contributed by atoms with Gasteiger partial charge in [-0.1, -0.05) is 32.0 Å². The fourth-order valence-corrected chi connectivity index (χ4v) is 4.89. The highest BCUT2D eigenvalue weighted by molar-refractivity contribution is 6.04. The highest BCUT2D eigenvalue weighted by Gasteiger charge is 2.33. The summed E-state index contributed by atoms with van der Waals surface area (Å²) in [4.78, 5) is 49.8. The quantitative estimate of drug-likeness (QED) is 0.191. The monoisotopic (exact) mass is 596 g/mol. The van der Waals surface area contributed by atoms with E-state index in [2.05, 4.69) is 21.3 Å². The molecule has 1 atom stereocenters. The van der Waals surface area contributed by atoms with E-state index < -0.39 is 6.09 Å². The first-order valence-corrected chi connectivity index (χ1v) is 15.0. The number of nitrogens with one attached hydrogen (secondary N) is 4. The summed E-state index contributed by atoms with van der Waals surface area (Å²) >= 11 is 0. The average molecular weight is 597 g/mol. The first-order valence-electron chi connectivity index (χ1n) is 15.0. The van der Waals surface area contributed by atoms with Crippen LogP contribution in [0.25, 0.3) is 11.1 Å². The predicted molar refractivity (Wildman–Crippen MR) is 164 cm³/mol. The molecule has 0 saturated carbocycles. The first kappa shape index (κ1) is 33.5. The Labute approximate surface area is 253 Å². The fraction of sp³-hybridized carbons (Fsp3) is 0.500. The first-order chi connectivity index (χ1) is 20.9. The Morgan fingerprint density at radius 2 is 1.51 bits per heavy atom. The molecule has 2 aromatic carbocycles. The van der Waals surface area contributed by atoms with Crippen molar-refractivity contribution in [2.75, 3.05) is 58.5 Å². The molecule has 11 nitrogen and oxygen atoms in total. The second-order valence-electron chi connectivity index (χ2n) is 10.2. The number of carbonyl (C=O) groups is 4. The van der Waals surface area contributed by atoms with Crippen molar-refractivity contribution in [1.29, 1.82) is 0 Å². The summed E-state index contributed by atoms with van der Waals surface area (Å²) in [6, 6.07) is 11.0. The summed E-state index contributed by atoms with van der Waals surface area (Å²) < 4.78 is 16.3. The maximum Gasteiger partial charge on any atom is 0.406 e. The minimum Gasteiger partial charge on any atom is -0.449 e. The van der Waals surface area contributed by atoms with Gasteiger partial charge >= 0.3 is 6.09 Å². The summed E-state index contributed by atoms with van der Waals surface area (Å²) in [6.07, 6.45) is 2.12. The maximum absolute atomic E-state index is 13.2. The van der Waals surface area contributed by atoms with Crippen molar-refractivity contribution in [1.82, 2.24) is 16.0 Å². The molecule has 11 heteroatoms. The molecule has 43 heavy (non-hydrogen) atoms. The van der Waals surface area contributed by atoms with Crippen molar-refractivity contribution in [2.45, 2.75) is 51.9 Å². The minimum absolute atomic E-state index is 0.0611. The standard InChI is InChI=1S/C32H44N4O7/c1-4-16-41-18-14-34-28(37)10-7-11-29(38)36-22-12-13-24-26(20-22)27(21-43-32(40)33-3)23-8-6-9-25(30(23)24)31(39)35-15-19-42-17-5-2/h6,8-9,12-13,20,27H,4-5,7,10-11,14-19,21H2,1-3H3,(H,33,40)(H,34,37)(H,35,39)(H,36,38). The Morgan fingerprint density at radius 1 is 0.814 bits per heavy atom. The molecule has 0 aliphatic heterocycles. The number of anilines is 1. The third-order valence-electron chi connectivity index (χ3n) is 6.89. The lowest BCUT2D eigenvalue weighted by Gasteiger charge is -2.15. The molecule has 4 amide bonds. The van der Waals surface area contributed by atoms with Gasteiger partial charge in [0.15, 0.2) is 0 Å². The van der Waals surface area contributed by atoms with Crippen LogP contribution in [-0.2, 0) is 23.8 Å². The van der Waals surface area contributed by atoms with Gasteiger partial charge in [-0.15, -0.1) is 0 Å². The van der Waals surface area contributed by atoms with E-state index in [9.17, 15) is 19.2 Å². The second-order valence-corrected chi connectivity index (χ2v) is 10.2. The molecule has 3 rings (SSSR count). The number of fused-ring (bicyclic) bond motifs is 3. The molecule has 0 bridgehead atoms. The lowest BCUT2D eigenvalue weighted by molar-refractivity contribution is -0.121. The fourth-order valence-electron chi connectivity index (χ4n) is 4.89. The van der Waals surface area contributed by atoms with Crippen LogP contribution < -0.4 is 21.3 Å². The van der Waals surface area contributed by atoms with Gasteiger partial charge in [0, 0.05) is 63.4 Å². The maximum atomic E-state index is 13.2. The lowest BCUT2D eigenvalue weighted by Crippen LogP contribution is -2.28. The van der Waals surface area contributed by atoms with Gasteiger partial charge in [-0.05, 0) is 59.7 Å². The topological polar surface area (TPSA) is 144 Å². The van der Waals surface area contributed by atoms with Crippen molar-refractivity contribution < 1.29 is 33.4 Å². The van der Waals surface area contributed by atoms with E-state index in [-0.39, 0.29) is 43.1 Å². The van der Waals surface area contributed by atoms with Gasteiger partial charge in [-0.2, -0.15) is 0 Å². The number of alkyl carbamates (subject to hydrolysis) is 1. The predicted octanol–water partition coefficient (Wildman–Crippen LogP) is 3.96. The highest BCUT2D eigenvalue weighted by Crippen LogP contribution is 2.47. The minimum atomic E-state index is -0.557. The largest absolute Gasteiger partial charge is 0.449 e. The summed E-state index contributed by atoms with van der Waals surface area (Å²) in [5.74, 6) is -0.871. The van der Waals surface area contributed by atoms with Crippen molar-refractivity contribution in [2.24, 2.45) is 0 Å². The Morgan fingerprint density at radius 3 is 2.21 bits per heavy atom. The number of benzene rings is 2. The Kier molecular flexibility index (Phi) is 13.9. The number of hydrogen-bond acceptors (Lipinski definition) is 7. The van der Waals surface area contributed by atoms with Crippen LogP contribution in [0.15, 0.2) is 36.4 Å². The third-order valence-corrected chi connectivity index (χ3v) is 6.89. The smallest absolute Gasteiger partial charge is 0.406 e. The van der Waals surface area contributed by atoms with Gasteiger partial charge in [0.2, 0.25) is 11.8 Å². The molecule has 0 radical (unpaired) electrons. The molecule has 1 unspecified atom stereocenters. The highest BCUT2D eigenvalue weighted by atomic mass is 16.5. The Hall–Kier alpha value is -3.96. The molecule has 0 aromatic heterocycles. The zero-order chi connectivity index (χ0) is 31.0. The zero-order valence-corrected chi connectivity index (χ0v) is 25.4. The van der Waals surface area contributed by atoms with Crippen LogP contribution in [0.5, 0.6) is 0 Å². The summed E-state index contributed by atoms with van der Waals surface area (Å²) in [5.41, 5.74) is 4.42. The van der Waals surface area contributed by atoms with Crippen molar-refractivity contribution in [3.05, 3.63) is 53.1 Å². The second kappa shape index (κ2) is 17.9. The summed E-state index contributed by atoms with van der Waals surface area (Å²) in [7, 11) is 1.49. The molecular formula is C32H44N4O7. The molecule has 0 fully saturated rings. The van der Waals surface area contributed by atoms with Crippen LogP contribution in [0.2, 0.25) is 0 Å².